The molecule has 0 fully saturated rings. The first kappa shape index (κ1) is 32.5. The van der Waals surface area contributed by atoms with Crippen molar-refractivity contribution in [3.63, 3.8) is 0 Å². The fourth-order valence-electron chi connectivity index (χ4n) is 7.83. The first-order valence-electron chi connectivity index (χ1n) is 18.8. The van der Waals surface area contributed by atoms with Gasteiger partial charge in [0.05, 0.1) is 33.6 Å². The lowest BCUT2D eigenvalue weighted by atomic mass is 9.96. The molecule has 0 aliphatic carbocycles. The second-order valence-corrected chi connectivity index (χ2v) is 13.9. The molecule has 10 aromatic rings. The molecule has 4 nitrogen and oxygen atoms in total. The number of fused-ring (bicyclic) bond motifs is 5. The topological polar surface area (TPSA) is 43.6 Å². The standard InChI is InChI=1S/C51H36N4/c1-2-48-54-51-47(55(48)41-18-10-5-11-19-41)31-30-43-42-20-12-13-21-44(42)53-50(49(43)51)39-28-26-35(27-29-39)34-22-24-36(25-23-34)40-32-45(37-14-6-3-7-15-37)52-46(33-40)38-16-8-4-9-17-38/h3-33H,2H2,1H3. The summed E-state index contributed by atoms with van der Waals surface area (Å²) in [7, 11) is 0. The molecule has 0 spiro atoms. The predicted molar refractivity (Wildman–Crippen MR) is 228 cm³/mol. The first-order chi connectivity index (χ1) is 27.2. The van der Waals surface area contributed by atoms with Gasteiger partial charge in [-0.3, -0.25) is 4.57 Å². The molecule has 0 unspecified atom stereocenters. The minimum absolute atomic E-state index is 0.818. The van der Waals surface area contributed by atoms with Crippen LogP contribution in [0.15, 0.2) is 188 Å². The molecule has 260 valence electrons. The number of aryl methyl sites for hydroxylation is 1. The van der Waals surface area contributed by atoms with Gasteiger partial charge in [-0.25, -0.2) is 15.0 Å². The molecule has 0 bridgehead atoms. The van der Waals surface area contributed by atoms with E-state index in [0.29, 0.717) is 0 Å². The number of nitrogens with zero attached hydrogens (tertiary/aromatic N) is 4. The Morgan fingerprint density at radius 2 is 0.945 bits per heavy atom. The van der Waals surface area contributed by atoms with Crippen LogP contribution >= 0.6 is 0 Å². The van der Waals surface area contributed by atoms with Gasteiger partial charge in [-0.15, -0.1) is 0 Å². The van der Waals surface area contributed by atoms with Crippen LogP contribution in [0.25, 0.3) is 94.4 Å². The number of hydrogen-bond donors (Lipinski definition) is 0. The van der Waals surface area contributed by atoms with Crippen LogP contribution in [-0.2, 0) is 6.42 Å². The molecule has 0 aliphatic rings. The average Bonchev–Trinajstić information content (AvgIpc) is 3.66. The van der Waals surface area contributed by atoms with E-state index in [0.717, 1.165) is 107 Å². The molecular weight excluding hydrogens is 669 g/mol. The van der Waals surface area contributed by atoms with Crippen molar-refractivity contribution in [1.29, 1.82) is 0 Å². The summed E-state index contributed by atoms with van der Waals surface area (Å²) in [6.07, 6.45) is 0.818. The Balaban J connectivity index is 1.05. The Labute approximate surface area is 320 Å². The molecular formula is C51H36N4. The normalized spacial score (nSPS) is 11.4. The third kappa shape index (κ3) is 5.85. The zero-order chi connectivity index (χ0) is 36.7. The molecule has 0 N–H and O–H groups in total. The van der Waals surface area contributed by atoms with E-state index in [1.807, 2.05) is 12.1 Å². The molecule has 3 aromatic heterocycles. The molecule has 0 aliphatic heterocycles. The van der Waals surface area contributed by atoms with Gasteiger partial charge in [0.2, 0.25) is 0 Å². The number of aromatic nitrogens is 4. The number of benzene rings is 7. The molecule has 0 saturated carbocycles. The Hall–Kier alpha value is -7.17. The van der Waals surface area contributed by atoms with Gasteiger partial charge in [-0.2, -0.15) is 0 Å². The third-order valence-corrected chi connectivity index (χ3v) is 10.6. The fourth-order valence-corrected chi connectivity index (χ4v) is 7.83. The summed E-state index contributed by atoms with van der Waals surface area (Å²) in [6, 6.07) is 66.3. The SMILES string of the molecule is CCc1nc2c3c(-c4ccc(-c5ccc(-c6cc(-c7ccccc7)nc(-c7ccccc7)c6)cc5)cc4)nc4ccccc4c3ccc2n1-c1ccccc1. The van der Waals surface area contributed by atoms with E-state index < -0.39 is 0 Å². The van der Waals surface area contributed by atoms with Gasteiger partial charge < -0.3 is 0 Å². The molecule has 3 heterocycles. The minimum atomic E-state index is 0.818. The van der Waals surface area contributed by atoms with Crippen LogP contribution in [0.3, 0.4) is 0 Å². The number of pyridine rings is 2. The van der Waals surface area contributed by atoms with Crippen LogP contribution in [0.2, 0.25) is 0 Å². The second-order valence-electron chi connectivity index (χ2n) is 13.9. The summed E-state index contributed by atoms with van der Waals surface area (Å²) in [6.45, 7) is 2.17. The van der Waals surface area contributed by atoms with E-state index in [4.69, 9.17) is 15.0 Å². The highest BCUT2D eigenvalue weighted by molar-refractivity contribution is 6.20. The van der Waals surface area contributed by atoms with Crippen LogP contribution < -0.4 is 0 Å². The van der Waals surface area contributed by atoms with E-state index in [1.54, 1.807) is 0 Å². The van der Waals surface area contributed by atoms with Crippen molar-refractivity contribution < 1.29 is 0 Å². The summed E-state index contributed by atoms with van der Waals surface area (Å²) in [4.78, 5) is 15.7. The summed E-state index contributed by atoms with van der Waals surface area (Å²) >= 11 is 0. The van der Waals surface area contributed by atoms with Crippen LogP contribution in [-0.4, -0.2) is 19.5 Å². The molecule has 7 aromatic carbocycles. The minimum Gasteiger partial charge on any atom is -0.296 e. The monoisotopic (exact) mass is 704 g/mol. The highest BCUT2D eigenvalue weighted by atomic mass is 15.1. The molecule has 0 amide bonds. The van der Waals surface area contributed by atoms with Crippen LogP contribution in [0.4, 0.5) is 0 Å². The maximum Gasteiger partial charge on any atom is 0.114 e. The fraction of sp³-hybridized carbons (Fsp3) is 0.0392. The van der Waals surface area contributed by atoms with Gasteiger partial charge in [0.15, 0.2) is 0 Å². The van der Waals surface area contributed by atoms with E-state index in [-0.39, 0.29) is 0 Å². The van der Waals surface area contributed by atoms with Gasteiger partial charge in [0.1, 0.15) is 5.82 Å². The summed E-state index contributed by atoms with van der Waals surface area (Å²) in [5, 5.41) is 3.38. The first-order valence-corrected chi connectivity index (χ1v) is 18.8. The van der Waals surface area contributed by atoms with Crippen molar-refractivity contribution in [2.24, 2.45) is 0 Å². The summed E-state index contributed by atoms with van der Waals surface area (Å²) in [5.41, 5.74) is 14.9. The second kappa shape index (κ2) is 13.7. The lowest BCUT2D eigenvalue weighted by Crippen LogP contribution is -1.99. The van der Waals surface area contributed by atoms with Gasteiger partial charge in [0, 0.05) is 39.6 Å². The predicted octanol–water partition coefficient (Wildman–Crippen LogP) is 13.0. The van der Waals surface area contributed by atoms with Crippen LogP contribution in [0.1, 0.15) is 12.7 Å². The maximum absolute atomic E-state index is 5.31. The van der Waals surface area contributed by atoms with E-state index >= 15 is 0 Å². The maximum atomic E-state index is 5.31. The third-order valence-electron chi connectivity index (χ3n) is 10.6. The van der Waals surface area contributed by atoms with Crippen molar-refractivity contribution in [1.82, 2.24) is 19.5 Å². The van der Waals surface area contributed by atoms with Crippen LogP contribution in [0.5, 0.6) is 0 Å². The van der Waals surface area contributed by atoms with Gasteiger partial charge >= 0.3 is 0 Å². The zero-order valence-electron chi connectivity index (χ0n) is 30.4. The lowest BCUT2D eigenvalue weighted by Gasteiger charge is -2.13. The molecule has 0 radical (unpaired) electrons. The van der Waals surface area contributed by atoms with Crippen molar-refractivity contribution in [2.45, 2.75) is 13.3 Å². The van der Waals surface area contributed by atoms with Crippen molar-refractivity contribution in [3.8, 4) is 61.7 Å². The van der Waals surface area contributed by atoms with E-state index in [9.17, 15) is 0 Å². The Morgan fingerprint density at radius 3 is 1.55 bits per heavy atom. The number of rotatable bonds is 7. The number of imidazole rings is 1. The number of para-hydroxylation sites is 2. The van der Waals surface area contributed by atoms with Gasteiger partial charge in [0.25, 0.3) is 0 Å². The quantitative estimate of drug-likeness (QED) is 0.155. The Kier molecular flexibility index (Phi) is 8.07. The number of hydrogen-bond acceptors (Lipinski definition) is 3. The summed E-state index contributed by atoms with van der Waals surface area (Å²) in [5.74, 6) is 1.03. The van der Waals surface area contributed by atoms with Crippen molar-refractivity contribution in [3.05, 3.63) is 194 Å². The molecule has 0 atom stereocenters. The lowest BCUT2D eigenvalue weighted by molar-refractivity contribution is 0.908. The molecule has 4 heteroatoms. The molecule has 10 rings (SSSR count). The molecule has 55 heavy (non-hydrogen) atoms. The average molecular weight is 705 g/mol. The highest BCUT2D eigenvalue weighted by Gasteiger charge is 2.19. The van der Waals surface area contributed by atoms with E-state index in [1.165, 1.54) is 0 Å². The summed E-state index contributed by atoms with van der Waals surface area (Å²) < 4.78 is 2.29. The van der Waals surface area contributed by atoms with Gasteiger partial charge in [-0.05, 0) is 64.0 Å². The van der Waals surface area contributed by atoms with Crippen molar-refractivity contribution >= 4 is 32.7 Å². The van der Waals surface area contributed by atoms with Gasteiger partial charge in [-0.1, -0.05) is 159 Å². The Bertz CT molecular complexity index is 2910. The van der Waals surface area contributed by atoms with Crippen LogP contribution in [0, 0.1) is 0 Å². The largest absolute Gasteiger partial charge is 0.296 e. The molecule has 0 saturated heterocycles. The zero-order valence-corrected chi connectivity index (χ0v) is 30.4. The highest BCUT2D eigenvalue weighted by Crippen LogP contribution is 2.39. The Morgan fingerprint density at radius 1 is 0.418 bits per heavy atom. The van der Waals surface area contributed by atoms with Crippen molar-refractivity contribution in [2.75, 3.05) is 0 Å². The van der Waals surface area contributed by atoms with E-state index in [2.05, 4.69) is 187 Å². The smallest absolute Gasteiger partial charge is 0.114 e.